The van der Waals surface area contributed by atoms with Crippen LogP contribution in [0.4, 0.5) is 0 Å². The van der Waals surface area contributed by atoms with Crippen LogP contribution in [0.5, 0.6) is 11.5 Å². The predicted octanol–water partition coefficient (Wildman–Crippen LogP) is 2.51. The lowest BCUT2D eigenvalue weighted by atomic mass is 10.3. The van der Waals surface area contributed by atoms with Gasteiger partial charge in [-0.15, -0.1) is 11.3 Å². The van der Waals surface area contributed by atoms with Crippen LogP contribution in [-0.4, -0.2) is 61.0 Å². The number of piperazine rings is 1. The second-order valence-corrected chi connectivity index (χ2v) is 6.79. The Morgan fingerprint density at radius 1 is 0.962 bits per heavy atom. The van der Waals surface area contributed by atoms with Crippen molar-refractivity contribution < 1.29 is 19.1 Å². The number of hydrogen-bond acceptors (Lipinski definition) is 5. The van der Waals surface area contributed by atoms with Gasteiger partial charge in [-0.2, -0.15) is 0 Å². The molecule has 3 rings (SSSR count). The summed E-state index contributed by atoms with van der Waals surface area (Å²) in [6.45, 7) is 4.69. The Labute approximate surface area is 156 Å². The molecule has 0 unspecified atom stereocenters. The highest BCUT2D eigenvalue weighted by Gasteiger charge is 2.25. The Balaban J connectivity index is 1.44. The van der Waals surface area contributed by atoms with Gasteiger partial charge < -0.3 is 19.3 Å². The van der Waals surface area contributed by atoms with Crippen molar-refractivity contribution >= 4 is 23.2 Å². The van der Waals surface area contributed by atoms with Gasteiger partial charge in [0.15, 0.2) is 6.61 Å². The summed E-state index contributed by atoms with van der Waals surface area (Å²) in [5.41, 5.74) is 0. The summed E-state index contributed by atoms with van der Waals surface area (Å²) in [5, 5.41) is 1.89. The second-order valence-electron chi connectivity index (χ2n) is 5.84. The van der Waals surface area contributed by atoms with E-state index >= 15 is 0 Å². The van der Waals surface area contributed by atoms with Crippen molar-refractivity contribution in [3.8, 4) is 11.5 Å². The van der Waals surface area contributed by atoms with Crippen molar-refractivity contribution in [2.45, 2.75) is 6.92 Å². The van der Waals surface area contributed by atoms with Gasteiger partial charge in [0.1, 0.15) is 11.5 Å². The molecule has 0 spiro atoms. The molecule has 1 saturated heterocycles. The molecule has 0 N–H and O–H groups in total. The number of nitrogens with zero attached hydrogens (tertiary/aromatic N) is 2. The predicted molar refractivity (Wildman–Crippen MR) is 99.9 cm³/mol. The van der Waals surface area contributed by atoms with Gasteiger partial charge in [-0.05, 0) is 42.6 Å². The number of ether oxygens (including phenoxy) is 2. The van der Waals surface area contributed by atoms with Crippen LogP contribution in [-0.2, 0) is 4.79 Å². The van der Waals surface area contributed by atoms with Crippen LogP contribution in [0.1, 0.15) is 16.6 Å². The third-order valence-corrected chi connectivity index (χ3v) is 5.01. The zero-order chi connectivity index (χ0) is 18.4. The summed E-state index contributed by atoms with van der Waals surface area (Å²) >= 11 is 1.44. The van der Waals surface area contributed by atoms with Crippen molar-refractivity contribution in [1.29, 1.82) is 0 Å². The first-order valence-corrected chi connectivity index (χ1v) is 9.51. The molecular weight excluding hydrogens is 352 g/mol. The monoisotopic (exact) mass is 374 g/mol. The molecule has 2 aromatic rings. The van der Waals surface area contributed by atoms with Crippen LogP contribution >= 0.6 is 11.3 Å². The highest BCUT2D eigenvalue weighted by molar-refractivity contribution is 7.12. The van der Waals surface area contributed by atoms with Crippen LogP contribution in [0.3, 0.4) is 0 Å². The number of amides is 2. The van der Waals surface area contributed by atoms with Gasteiger partial charge in [-0.25, -0.2) is 0 Å². The van der Waals surface area contributed by atoms with E-state index in [-0.39, 0.29) is 18.4 Å². The first-order chi connectivity index (χ1) is 12.7. The molecule has 1 aromatic heterocycles. The molecule has 26 heavy (non-hydrogen) atoms. The third kappa shape index (κ3) is 4.54. The molecule has 2 heterocycles. The number of carbonyl (C=O) groups is 2. The first kappa shape index (κ1) is 18.3. The fourth-order valence-corrected chi connectivity index (χ4v) is 3.44. The van der Waals surface area contributed by atoms with Gasteiger partial charge in [0.25, 0.3) is 11.8 Å². The maximum absolute atomic E-state index is 12.3. The zero-order valence-electron chi connectivity index (χ0n) is 14.7. The number of carbonyl (C=O) groups excluding carboxylic acids is 2. The van der Waals surface area contributed by atoms with E-state index in [2.05, 4.69) is 0 Å². The molecular formula is C19H22N2O4S. The molecule has 0 saturated carbocycles. The second kappa shape index (κ2) is 8.71. The molecule has 1 aliphatic rings. The lowest BCUT2D eigenvalue weighted by Gasteiger charge is -2.34. The van der Waals surface area contributed by atoms with E-state index in [0.717, 1.165) is 10.6 Å². The van der Waals surface area contributed by atoms with Crippen molar-refractivity contribution in [3.05, 3.63) is 46.7 Å². The van der Waals surface area contributed by atoms with Crippen LogP contribution in [0.25, 0.3) is 0 Å². The van der Waals surface area contributed by atoms with E-state index in [0.29, 0.717) is 38.5 Å². The maximum atomic E-state index is 12.3. The third-order valence-electron chi connectivity index (χ3n) is 4.15. The first-order valence-electron chi connectivity index (χ1n) is 8.63. The highest BCUT2D eigenvalue weighted by atomic mass is 32.1. The Kier molecular flexibility index (Phi) is 6.12. The zero-order valence-corrected chi connectivity index (χ0v) is 15.5. The minimum absolute atomic E-state index is 0.00709. The van der Waals surface area contributed by atoms with Crippen molar-refractivity contribution in [3.63, 3.8) is 0 Å². The number of thiophene rings is 1. The van der Waals surface area contributed by atoms with Gasteiger partial charge in [-0.3, -0.25) is 9.59 Å². The minimum atomic E-state index is -0.0675. The number of rotatable bonds is 6. The molecule has 1 aromatic carbocycles. The molecule has 138 valence electrons. The molecule has 7 heteroatoms. The molecule has 1 aliphatic heterocycles. The van der Waals surface area contributed by atoms with Crippen LogP contribution in [0.2, 0.25) is 0 Å². The summed E-state index contributed by atoms with van der Waals surface area (Å²) in [5.74, 6) is 1.38. The summed E-state index contributed by atoms with van der Waals surface area (Å²) in [4.78, 5) is 28.9. The summed E-state index contributed by atoms with van der Waals surface area (Å²) in [6.07, 6.45) is 0. The normalized spacial score (nSPS) is 14.2. The van der Waals surface area contributed by atoms with E-state index in [1.165, 1.54) is 11.3 Å². The van der Waals surface area contributed by atoms with Gasteiger partial charge in [0.2, 0.25) is 0 Å². The van der Waals surface area contributed by atoms with E-state index in [9.17, 15) is 9.59 Å². The fraction of sp³-hybridized carbons (Fsp3) is 0.368. The quantitative estimate of drug-likeness (QED) is 0.780. The molecule has 2 amide bonds. The van der Waals surface area contributed by atoms with Crippen molar-refractivity contribution in [2.75, 3.05) is 39.4 Å². The SMILES string of the molecule is CCOc1ccc(OCC(=O)N2CCN(C(=O)c3cccs3)CC2)cc1. The Hall–Kier alpha value is -2.54. The molecule has 0 atom stereocenters. The van der Waals surface area contributed by atoms with Gasteiger partial charge in [-0.1, -0.05) is 6.07 Å². The molecule has 0 aliphatic carbocycles. The lowest BCUT2D eigenvalue weighted by molar-refractivity contribution is -0.134. The number of hydrogen-bond donors (Lipinski definition) is 0. The lowest BCUT2D eigenvalue weighted by Crippen LogP contribution is -2.51. The average molecular weight is 374 g/mol. The van der Waals surface area contributed by atoms with Gasteiger partial charge >= 0.3 is 0 Å². The largest absolute Gasteiger partial charge is 0.494 e. The highest BCUT2D eigenvalue weighted by Crippen LogP contribution is 2.18. The van der Waals surface area contributed by atoms with Crippen molar-refractivity contribution in [2.24, 2.45) is 0 Å². The Morgan fingerprint density at radius 3 is 2.15 bits per heavy atom. The van der Waals surface area contributed by atoms with Crippen LogP contribution in [0, 0.1) is 0 Å². The van der Waals surface area contributed by atoms with E-state index in [4.69, 9.17) is 9.47 Å². The Bertz CT molecular complexity index is 723. The van der Waals surface area contributed by atoms with Crippen LogP contribution < -0.4 is 9.47 Å². The summed E-state index contributed by atoms with van der Waals surface area (Å²) in [7, 11) is 0. The van der Waals surface area contributed by atoms with Crippen molar-refractivity contribution in [1.82, 2.24) is 9.80 Å². The molecule has 0 radical (unpaired) electrons. The minimum Gasteiger partial charge on any atom is -0.494 e. The Morgan fingerprint density at radius 2 is 1.58 bits per heavy atom. The standard InChI is InChI=1S/C19H22N2O4S/c1-2-24-15-5-7-16(8-6-15)25-14-18(22)20-9-11-21(12-10-20)19(23)17-4-3-13-26-17/h3-8,13H,2,9-12,14H2,1H3. The van der Waals surface area contributed by atoms with Crippen LogP contribution in [0.15, 0.2) is 41.8 Å². The number of benzene rings is 1. The average Bonchev–Trinajstić information content (AvgIpc) is 3.22. The maximum Gasteiger partial charge on any atom is 0.264 e. The molecule has 1 fully saturated rings. The van der Waals surface area contributed by atoms with E-state index < -0.39 is 0 Å². The van der Waals surface area contributed by atoms with E-state index in [1.54, 1.807) is 21.9 Å². The summed E-state index contributed by atoms with van der Waals surface area (Å²) < 4.78 is 10.9. The molecule has 0 bridgehead atoms. The van der Waals surface area contributed by atoms with Gasteiger partial charge in [0.05, 0.1) is 11.5 Å². The fourth-order valence-electron chi connectivity index (χ4n) is 2.75. The topological polar surface area (TPSA) is 59.1 Å². The summed E-state index contributed by atoms with van der Waals surface area (Å²) in [6, 6.07) is 10.9. The smallest absolute Gasteiger partial charge is 0.264 e. The molecule has 6 nitrogen and oxygen atoms in total. The van der Waals surface area contributed by atoms with E-state index in [1.807, 2.05) is 36.6 Å². The van der Waals surface area contributed by atoms with Gasteiger partial charge in [0, 0.05) is 26.2 Å².